The van der Waals surface area contributed by atoms with Crippen molar-refractivity contribution in [1.29, 1.82) is 0 Å². The number of rotatable bonds is 5. The van der Waals surface area contributed by atoms with Gasteiger partial charge in [0.05, 0.1) is 0 Å². The van der Waals surface area contributed by atoms with Crippen molar-refractivity contribution in [3.05, 3.63) is 24.3 Å². The molecule has 1 aliphatic heterocycles. The lowest BCUT2D eigenvalue weighted by Gasteiger charge is -2.18. The zero-order chi connectivity index (χ0) is 13.7. The Hall–Kier alpha value is -1.55. The first-order valence-corrected chi connectivity index (χ1v) is 7.05. The van der Waals surface area contributed by atoms with Gasteiger partial charge < -0.3 is 16.0 Å². The molecule has 1 heterocycles. The van der Waals surface area contributed by atoms with Crippen LogP contribution in [0.15, 0.2) is 24.3 Å². The molecule has 1 aromatic carbocycles. The first kappa shape index (κ1) is 13.9. The minimum atomic E-state index is 0.0378. The smallest absolute Gasteiger partial charge is 0.224 e. The van der Waals surface area contributed by atoms with Crippen LogP contribution in [0.4, 0.5) is 11.4 Å². The molecule has 1 aromatic rings. The van der Waals surface area contributed by atoms with E-state index < -0.39 is 0 Å². The lowest BCUT2D eigenvalue weighted by molar-refractivity contribution is -0.116. The maximum atomic E-state index is 11.8. The van der Waals surface area contributed by atoms with Gasteiger partial charge in [0.1, 0.15) is 0 Å². The van der Waals surface area contributed by atoms with Crippen LogP contribution in [0.3, 0.4) is 0 Å². The topological polar surface area (TPSA) is 58.4 Å². The third kappa shape index (κ3) is 4.24. The summed E-state index contributed by atoms with van der Waals surface area (Å²) in [6, 6.07) is 8.15. The van der Waals surface area contributed by atoms with Gasteiger partial charge in [0.15, 0.2) is 0 Å². The van der Waals surface area contributed by atoms with Gasteiger partial charge >= 0.3 is 0 Å². The van der Waals surface area contributed by atoms with Crippen LogP contribution >= 0.6 is 0 Å². The molecule has 4 heteroatoms. The fraction of sp³-hybridized carbons (Fsp3) is 0.533. The van der Waals surface area contributed by atoms with E-state index in [9.17, 15) is 4.79 Å². The van der Waals surface area contributed by atoms with Gasteiger partial charge in [-0.2, -0.15) is 0 Å². The highest BCUT2D eigenvalue weighted by Gasteiger charge is 2.12. The highest BCUT2D eigenvalue weighted by atomic mass is 16.1. The Morgan fingerprint density at radius 2 is 2.16 bits per heavy atom. The Kier molecular flexibility index (Phi) is 4.80. The first-order valence-electron chi connectivity index (χ1n) is 7.05. The van der Waals surface area contributed by atoms with E-state index in [1.807, 2.05) is 19.1 Å². The molecule has 0 bridgehead atoms. The van der Waals surface area contributed by atoms with Gasteiger partial charge in [-0.25, -0.2) is 0 Å². The number of hydrogen-bond donors (Lipinski definition) is 2. The summed E-state index contributed by atoms with van der Waals surface area (Å²) in [4.78, 5) is 14.1. The maximum Gasteiger partial charge on any atom is 0.224 e. The molecule has 1 unspecified atom stereocenters. The molecule has 0 aromatic heterocycles. The molecule has 19 heavy (non-hydrogen) atoms. The number of nitrogens with one attached hydrogen (secondary N) is 1. The van der Waals surface area contributed by atoms with Gasteiger partial charge in [-0.15, -0.1) is 0 Å². The second-order valence-corrected chi connectivity index (χ2v) is 5.31. The van der Waals surface area contributed by atoms with Gasteiger partial charge in [0, 0.05) is 36.9 Å². The van der Waals surface area contributed by atoms with Crippen molar-refractivity contribution in [1.82, 2.24) is 0 Å². The van der Waals surface area contributed by atoms with Gasteiger partial charge in [0.25, 0.3) is 0 Å². The molecular formula is C15H23N3O. The van der Waals surface area contributed by atoms with Crippen LogP contribution in [-0.4, -0.2) is 25.0 Å². The van der Waals surface area contributed by atoms with Crippen molar-refractivity contribution in [3.8, 4) is 0 Å². The number of benzene rings is 1. The number of amides is 1. The van der Waals surface area contributed by atoms with Crippen molar-refractivity contribution < 1.29 is 4.79 Å². The fourth-order valence-corrected chi connectivity index (χ4v) is 2.34. The summed E-state index contributed by atoms with van der Waals surface area (Å²) < 4.78 is 0. The number of anilines is 2. The summed E-state index contributed by atoms with van der Waals surface area (Å²) in [5.74, 6) is 0.0378. The molecule has 0 spiro atoms. The zero-order valence-electron chi connectivity index (χ0n) is 11.6. The summed E-state index contributed by atoms with van der Waals surface area (Å²) in [6.07, 6.45) is 3.71. The van der Waals surface area contributed by atoms with Gasteiger partial charge in [-0.1, -0.05) is 6.07 Å². The number of hydrogen-bond acceptors (Lipinski definition) is 3. The highest BCUT2D eigenvalue weighted by molar-refractivity contribution is 5.91. The molecule has 0 radical (unpaired) electrons. The molecule has 0 saturated carbocycles. The first-order chi connectivity index (χ1) is 9.15. The Labute approximate surface area is 115 Å². The van der Waals surface area contributed by atoms with E-state index in [-0.39, 0.29) is 11.9 Å². The largest absolute Gasteiger partial charge is 0.371 e. The summed E-state index contributed by atoms with van der Waals surface area (Å²) in [5, 5.41) is 2.94. The predicted molar refractivity (Wildman–Crippen MR) is 79.4 cm³/mol. The minimum absolute atomic E-state index is 0.0378. The Morgan fingerprint density at radius 1 is 1.42 bits per heavy atom. The fourth-order valence-electron chi connectivity index (χ4n) is 2.34. The standard InChI is InChI=1S/C15H23N3O/c1-12(16)7-8-15(19)17-13-5-4-6-14(11-13)18-9-2-3-10-18/h4-6,11-12H,2-3,7-10,16H2,1H3,(H,17,19). The summed E-state index contributed by atoms with van der Waals surface area (Å²) >= 11 is 0. The second-order valence-electron chi connectivity index (χ2n) is 5.31. The summed E-state index contributed by atoms with van der Waals surface area (Å²) in [5.41, 5.74) is 7.73. The lowest BCUT2D eigenvalue weighted by atomic mass is 10.2. The van der Waals surface area contributed by atoms with Crippen LogP contribution in [-0.2, 0) is 4.79 Å². The molecule has 104 valence electrons. The van der Waals surface area contributed by atoms with E-state index in [1.165, 1.54) is 18.5 Å². The molecule has 1 atom stereocenters. The minimum Gasteiger partial charge on any atom is -0.371 e. The molecule has 0 aliphatic carbocycles. The van der Waals surface area contributed by atoms with Crippen LogP contribution in [0, 0.1) is 0 Å². The quantitative estimate of drug-likeness (QED) is 0.855. The molecule has 1 saturated heterocycles. The number of carbonyl (C=O) groups excluding carboxylic acids is 1. The average molecular weight is 261 g/mol. The number of carbonyl (C=O) groups is 1. The third-order valence-corrected chi connectivity index (χ3v) is 3.43. The van der Waals surface area contributed by atoms with E-state index in [2.05, 4.69) is 22.3 Å². The van der Waals surface area contributed by atoms with Crippen LogP contribution in [0.25, 0.3) is 0 Å². The molecular weight excluding hydrogens is 238 g/mol. The van der Waals surface area contributed by atoms with E-state index in [0.29, 0.717) is 6.42 Å². The van der Waals surface area contributed by atoms with Crippen molar-refractivity contribution in [2.24, 2.45) is 5.73 Å². The van der Waals surface area contributed by atoms with Crippen molar-refractivity contribution >= 4 is 17.3 Å². The highest BCUT2D eigenvalue weighted by Crippen LogP contribution is 2.23. The average Bonchev–Trinajstić information content (AvgIpc) is 2.90. The lowest BCUT2D eigenvalue weighted by Crippen LogP contribution is -2.20. The summed E-state index contributed by atoms with van der Waals surface area (Å²) in [6.45, 7) is 4.14. The molecule has 1 fully saturated rings. The molecule has 2 rings (SSSR count). The van der Waals surface area contributed by atoms with E-state index in [1.54, 1.807) is 0 Å². The van der Waals surface area contributed by atoms with E-state index in [4.69, 9.17) is 5.73 Å². The van der Waals surface area contributed by atoms with Gasteiger partial charge in [0.2, 0.25) is 5.91 Å². The Morgan fingerprint density at radius 3 is 2.84 bits per heavy atom. The zero-order valence-corrected chi connectivity index (χ0v) is 11.6. The van der Waals surface area contributed by atoms with Crippen LogP contribution < -0.4 is 16.0 Å². The van der Waals surface area contributed by atoms with Crippen LogP contribution in [0.1, 0.15) is 32.6 Å². The van der Waals surface area contributed by atoms with Crippen LogP contribution in [0.2, 0.25) is 0 Å². The van der Waals surface area contributed by atoms with E-state index >= 15 is 0 Å². The molecule has 3 N–H and O–H groups in total. The molecule has 4 nitrogen and oxygen atoms in total. The van der Waals surface area contributed by atoms with Crippen molar-refractivity contribution in [2.45, 2.75) is 38.6 Å². The monoisotopic (exact) mass is 261 g/mol. The normalized spacial score (nSPS) is 16.4. The Balaban J connectivity index is 1.93. The molecule has 1 aliphatic rings. The van der Waals surface area contributed by atoms with Crippen molar-refractivity contribution in [3.63, 3.8) is 0 Å². The third-order valence-electron chi connectivity index (χ3n) is 3.43. The number of nitrogens with two attached hydrogens (primary N) is 1. The Bertz CT molecular complexity index is 425. The van der Waals surface area contributed by atoms with Gasteiger partial charge in [-0.3, -0.25) is 4.79 Å². The molecule has 1 amide bonds. The van der Waals surface area contributed by atoms with E-state index in [0.717, 1.165) is 25.2 Å². The maximum absolute atomic E-state index is 11.8. The summed E-state index contributed by atoms with van der Waals surface area (Å²) in [7, 11) is 0. The number of nitrogens with zero attached hydrogens (tertiary/aromatic N) is 1. The SMILES string of the molecule is CC(N)CCC(=O)Nc1cccc(N2CCCC2)c1. The van der Waals surface area contributed by atoms with Crippen LogP contribution in [0.5, 0.6) is 0 Å². The van der Waals surface area contributed by atoms with Crippen molar-refractivity contribution in [2.75, 3.05) is 23.3 Å². The predicted octanol–water partition coefficient (Wildman–Crippen LogP) is 2.35. The second kappa shape index (κ2) is 6.57. The van der Waals surface area contributed by atoms with Gasteiger partial charge in [-0.05, 0) is 44.4 Å².